The zero-order valence-electron chi connectivity index (χ0n) is 12.9. The Bertz CT molecular complexity index is 955. The summed E-state index contributed by atoms with van der Waals surface area (Å²) in [6.45, 7) is 0.271. The summed E-state index contributed by atoms with van der Waals surface area (Å²) in [7, 11) is 1.40. The van der Waals surface area contributed by atoms with Crippen LogP contribution in [-0.2, 0) is 4.74 Å². The molecule has 0 saturated heterocycles. The number of hydrogen-bond acceptors (Lipinski definition) is 5. The molecule has 0 amide bonds. The second-order valence-electron chi connectivity index (χ2n) is 5.31. The van der Waals surface area contributed by atoms with Crippen molar-refractivity contribution in [3.05, 3.63) is 58.5 Å². The maximum atomic E-state index is 11.7. The molecule has 1 aliphatic rings. The average Bonchev–Trinajstić information content (AvgIpc) is 3.25. The summed E-state index contributed by atoms with van der Waals surface area (Å²) < 4.78 is 16.6. The van der Waals surface area contributed by atoms with Gasteiger partial charge in [-0.05, 0) is 35.4 Å². The van der Waals surface area contributed by atoms with E-state index in [2.05, 4.69) is 0 Å². The third-order valence-corrected chi connectivity index (χ3v) is 4.91. The fourth-order valence-electron chi connectivity index (χ4n) is 2.63. The zero-order valence-corrected chi connectivity index (χ0v) is 13.8. The van der Waals surface area contributed by atoms with Crippen molar-refractivity contribution < 1.29 is 19.0 Å². The topological polar surface area (TPSA) is 44.8 Å². The molecule has 4 nitrogen and oxygen atoms in total. The molecule has 5 heteroatoms. The largest absolute Gasteiger partial charge is 0.465 e. The molecule has 0 bridgehead atoms. The number of hydrogen-bond donors (Lipinski definition) is 0. The van der Waals surface area contributed by atoms with Crippen molar-refractivity contribution in [2.75, 3.05) is 13.9 Å². The van der Waals surface area contributed by atoms with Crippen LogP contribution >= 0.6 is 11.3 Å². The van der Waals surface area contributed by atoms with Crippen LogP contribution in [0.15, 0.2) is 42.5 Å². The van der Waals surface area contributed by atoms with Gasteiger partial charge in [0.15, 0.2) is 11.5 Å². The van der Waals surface area contributed by atoms with E-state index in [1.807, 2.05) is 54.6 Å². The molecule has 2 aromatic carbocycles. The predicted octanol–water partition coefficient (Wildman–Crippen LogP) is 4.59. The third-order valence-electron chi connectivity index (χ3n) is 3.83. The number of benzene rings is 2. The second-order valence-corrected chi connectivity index (χ2v) is 6.39. The van der Waals surface area contributed by atoms with Crippen LogP contribution in [0.1, 0.15) is 20.8 Å². The van der Waals surface area contributed by atoms with E-state index >= 15 is 0 Å². The molecule has 1 aliphatic heterocycles. The zero-order chi connectivity index (χ0) is 16.5. The molecule has 1 aromatic heterocycles. The first kappa shape index (κ1) is 14.8. The minimum absolute atomic E-state index is 0.271. The molecule has 0 unspecified atom stereocenters. The van der Waals surface area contributed by atoms with Gasteiger partial charge in [-0.2, -0.15) is 0 Å². The highest BCUT2D eigenvalue weighted by atomic mass is 32.1. The van der Waals surface area contributed by atoms with Crippen molar-refractivity contribution in [2.24, 2.45) is 0 Å². The Morgan fingerprint density at radius 2 is 2.00 bits per heavy atom. The Morgan fingerprint density at radius 3 is 2.88 bits per heavy atom. The number of carbonyl (C=O) groups excluding carboxylic acids is 1. The van der Waals surface area contributed by atoms with Crippen molar-refractivity contribution in [2.45, 2.75) is 0 Å². The van der Waals surface area contributed by atoms with Crippen molar-refractivity contribution >= 4 is 39.5 Å². The van der Waals surface area contributed by atoms with Crippen LogP contribution in [0.2, 0.25) is 0 Å². The van der Waals surface area contributed by atoms with Crippen LogP contribution in [0.5, 0.6) is 11.5 Å². The first-order valence-electron chi connectivity index (χ1n) is 7.43. The van der Waals surface area contributed by atoms with E-state index < -0.39 is 0 Å². The Morgan fingerprint density at radius 1 is 1.12 bits per heavy atom. The van der Waals surface area contributed by atoms with Crippen LogP contribution in [0.4, 0.5) is 0 Å². The molecule has 0 atom stereocenters. The quantitative estimate of drug-likeness (QED) is 0.518. The van der Waals surface area contributed by atoms with E-state index in [4.69, 9.17) is 14.2 Å². The van der Waals surface area contributed by atoms with Crippen LogP contribution in [0.3, 0.4) is 0 Å². The van der Waals surface area contributed by atoms with Gasteiger partial charge < -0.3 is 14.2 Å². The molecule has 0 fully saturated rings. The van der Waals surface area contributed by atoms with Gasteiger partial charge in [-0.3, -0.25) is 0 Å². The number of carbonyl (C=O) groups is 1. The summed E-state index contributed by atoms with van der Waals surface area (Å²) in [5.74, 6) is 1.23. The lowest BCUT2D eigenvalue weighted by molar-refractivity contribution is 0.0606. The van der Waals surface area contributed by atoms with Crippen molar-refractivity contribution in [3.63, 3.8) is 0 Å². The van der Waals surface area contributed by atoms with Gasteiger partial charge in [0.25, 0.3) is 0 Å². The van der Waals surface area contributed by atoms with Crippen molar-refractivity contribution in [3.8, 4) is 11.5 Å². The molecular formula is C19H14O4S. The predicted molar refractivity (Wildman–Crippen MR) is 94.7 cm³/mol. The molecule has 3 aromatic rings. The SMILES string of the molecule is COC(=O)c1cc2c(/C=C/c3ccc4c(c3)OCO4)cccc2s1. The maximum Gasteiger partial charge on any atom is 0.348 e. The van der Waals surface area contributed by atoms with Gasteiger partial charge in [-0.1, -0.05) is 30.4 Å². The Labute approximate surface area is 142 Å². The maximum absolute atomic E-state index is 11.7. The van der Waals surface area contributed by atoms with Crippen LogP contribution in [0.25, 0.3) is 22.2 Å². The molecule has 120 valence electrons. The van der Waals surface area contributed by atoms with Gasteiger partial charge in [0.05, 0.1) is 7.11 Å². The molecule has 24 heavy (non-hydrogen) atoms. The van der Waals surface area contributed by atoms with E-state index in [-0.39, 0.29) is 12.8 Å². The average molecular weight is 338 g/mol. The lowest BCUT2D eigenvalue weighted by atomic mass is 10.1. The fourth-order valence-corrected chi connectivity index (χ4v) is 3.65. The number of thiophene rings is 1. The van der Waals surface area contributed by atoms with Gasteiger partial charge in [0.2, 0.25) is 6.79 Å². The van der Waals surface area contributed by atoms with Gasteiger partial charge in [-0.15, -0.1) is 11.3 Å². The minimum Gasteiger partial charge on any atom is -0.465 e. The number of ether oxygens (including phenoxy) is 3. The minimum atomic E-state index is -0.304. The summed E-state index contributed by atoms with van der Waals surface area (Å²) in [5, 5.41) is 1.04. The molecule has 4 rings (SSSR count). The summed E-state index contributed by atoms with van der Waals surface area (Å²) >= 11 is 1.44. The monoisotopic (exact) mass is 338 g/mol. The Hall–Kier alpha value is -2.79. The number of fused-ring (bicyclic) bond motifs is 2. The van der Waals surface area contributed by atoms with Crippen LogP contribution in [-0.4, -0.2) is 19.9 Å². The molecule has 0 radical (unpaired) electrons. The van der Waals surface area contributed by atoms with Crippen LogP contribution < -0.4 is 9.47 Å². The summed E-state index contributed by atoms with van der Waals surface area (Å²) in [6.07, 6.45) is 4.06. The lowest BCUT2D eigenvalue weighted by Crippen LogP contribution is -1.96. The standard InChI is InChI=1S/C19H14O4S/c1-21-19(20)18-10-14-13(3-2-4-17(14)24-18)7-5-12-6-8-15-16(9-12)23-11-22-15/h2-10H,11H2,1H3/b7-5+. The summed E-state index contributed by atoms with van der Waals surface area (Å²) in [6, 6.07) is 13.7. The van der Waals surface area contributed by atoms with E-state index in [0.717, 1.165) is 32.7 Å². The molecule has 2 heterocycles. The Kier molecular flexibility index (Phi) is 3.70. The van der Waals surface area contributed by atoms with E-state index in [1.165, 1.54) is 18.4 Å². The molecule has 0 saturated carbocycles. The van der Waals surface area contributed by atoms with E-state index in [9.17, 15) is 4.79 Å². The Balaban J connectivity index is 1.69. The van der Waals surface area contributed by atoms with Gasteiger partial charge in [0.1, 0.15) is 4.88 Å². The van der Waals surface area contributed by atoms with Crippen molar-refractivity contribution in [1.29, 1.82) is 0 Å². The number of methoxy groups -OCH3 is 1. The molecular weight excluding hydrogens is 324 g/mol. The highest BCUT2D eigenvalue weighted by Crippen LogP contribution is 2.34. The first-order chi connectivity index (χ1) is 11.7. The normalized spacial score (nSPS) is 12.9. The summed E-state index contributed by atoms with van der Waals surface area (Å²) in [4.78, 5) is 12.3. The second kappa shape index (κ2) is 6.02. The number of esters is 1. The highest BCUT2D eigenvalue weighted by molar-refractivity contribution is 7.20. The third kappa shape index (κ3) is 2.63. The lowest BCUT2D eigenvalue weighted by Gasteiger charge is -1.99. The summed E-state index contributed by atoms with van der Waals surface area (Å²) in [5.41, 5.74) is 2.08. The van der Waals surface area contributed by atoms with Gasteiger partial charge >= 0.3 is 5.97 Å². The highest BCUT2D eigenvalue weighted by Gasteiger charge is 2.13. The fraction of sp³-hybridized carbons (Fsp3) is 0.105. The number of rotatable bonds is 3. The van der Waals surface area contributed by atoms with Gasteiger partial charge in [0, 0.05) is 10.1 Å². The van der Waals surface area contributed by atoms with Crippen molar-refractivity contribution in [1.82, 2.24) is 0 Å². The van der Waals surface area contributed by atoms with Crippen LogP contribution in [0, 0.1) is 0 Å². The van der Waals surface area contributed by atoms with E-state index in [1.54, 1.807) is 0 Å². The molecule has 0 N–H and O–H groups in total. The van der Waals surface area contributed by atoms with E-state index in [0.29, 0.717) is 4.88 Å². The smallest absolute Gasteiger partial charge is 0.348 e. The first-order valence-corrected chi connectivity index (χ1v) is 8.25. The molecule has 0 aliphatic carbocycles. The molecule has 0 spiro atoms. The van der Waals surface area contributed by atoms with Gasteiger partial charge in [-0.25, -0.2) is 4.79 Å².